The van der Waals surface area contributed by atoms with Gasteiger partial charge in [-0.2, -0.15) is 0 Å². The van der Waals surface area contributed by atoms with Crippen LogP contribution in [0.2, 0.25) is 0 Å². The molecule has 1 unspecified atom stereocenters. The van der Waals surface area contributed by atoms with E-state index in [1.807, 2.05) is 78.2 Å². The van der Waals surface area contributed by atoms with Crippen LogP contribution in [-0.4, -0.2) is 16.9 Å². The van der Waals surface area contributed by atoms with Crippen LogP contribution in [0.5, 0.6) is 0 Å². The van der Waals surface area contributed by atoms with E-state index in [0.29, 0.717) is 22.2 Å². The highest BCUT2D eigenvalue weighted by Crippen LogP contribution is 2.37. The minimum atomic E-state index is -0.537. The molecule has 6 nitrogen and oxygen atoms in total. The topological polar surface area (TPSA) is 83.1 Å². The Morgan fingerprint density at radius 2 is 1.36 bits per heavy atom. The van der Waals surface area contributed by atoms with Gasteiger partial charge in [0.1, 0.15) is 11.1 Å². The maximum atomic E-state index is 13.4. The van der Waals surface area contributed by atoms with Gasteiger partial charge in [-0.15, -0.1) is 23.1 Å². The van der Waals surface area contributed by atoms with E-state index in [-0.39, 0.29) is 17.8 Å². The van der Waals surface area contributed by atoms with Gasteiger partial charge in [0.2, 0.25) is 5.91 Å². The molecule has 5 rings (SSSR count). The summed E-state index contributed by atoms with van der Waals surface area (Å²) in [7, 11) is 0. The number of urea groups is 1. The average molecular weight is 555 g/mol. The van der Waals surface area contributed by atoms with E-state index >= 15 is 0 Å². The van der Waals surface area contributed by atoms with Gasteiger partial charge in [-0.3, -0.25) is 4.79 Å². The number of thioether (sulfide) groups is 1. The molecule has 5 aromatic rings. The molecule has 0 aliphatic carbocycles. The Balaban J connectivity index is 1.26. The standard InChI is InChI=1S/C30H23FN4O2S2/c31-22-13-11-20(12-14-22)26-19-38-30(34-26)35-28(36)27(21-7-3-1-4-8-21)39-25-17-15-24(16-18-25)33-29(37)32-23-9-5-2-6-10-23/h1-19,27H,(H2,32,33,37)(H,34,35,36). The van der Waals surface area contributed by atoms with E-state index in [2.05, 4.69) is 20.9 Å². The van der Waals surface area contributed by atoms with Gasteiger partial charge in [-0.05, 0) is 66.2 Å². The summed E-state index contributed by atoms with van der Waals surface area (Å²) in [6.07, 6.45) is 0. The van der Waals surface area contributed by atoms with E-state index in [0.717, 1.165) is 16.0 Å². The van der Waals surface area contributed by atoms with E-state index in [1.165, 1.54) is 35.2 Å². The molecule has 3 amide bonds. The van der Waals surface area contributed by atoms with Gasteiger partial charge in [0.15, 0.2) is 5.13 Å². The molecule has 0 spiro atoms. The maximum Gasteiger partial charge on any atom is 0.323 e. The molecular formula is C30H23FN4O2S2. The summed E-state index contributed by atoms with van der Waals surface area (Å²) in [4.78, 5) is 31.1. The third kappa shape index (κ3) is 7.10. The lowest BCUT2D eigenvalue weighted by Gasteiger charge is -2.16. The van der Waals surface area contributed by atoms with Crippen LogP contribution in [0.3, 0.4) is 0 Å². The Hall–Kier alpha value is -4.47. The minimum Gasteiger partial charge on any atom is -0.308 e. The predicted molar refractivity (Wildman–Crippen MR) is 157 cm³/mol. The number of thiazole rings is 1. The minimum absolute atomic E-state index is 0.212. The number of hydrogen-bond acceptors (Lipinski definition) is 5. The van der Waals surface area contributed by atoms with Crippen molar-refractivity contribution in [3.63, 3.8) is 0 Å². The first-order valence-corrected chi connectivity index (χ1v) is 13.8. The number of carbonyl (C=O) groups is 2. The van der Waals surface area contributed by atoms with Crippen LogP contribution in [0.15, 0.2) is 119 Å². The number of nitrogens with one attached hydrogen (secondary N) is 3. The second-order valence-electron chi connectivity index (χ2n) is 8.41. The molecule has 194 valence electrons. The van der Waals surface area contributed by atoms with Crippen LogP contribution in [-0.2, 0) is 4.79 Å². The number of carbonyl (C=O) groups excluding carboxylic acids is 2. The number of halogens is 1. The fraction of sp³-hybridized carbons (Fsp3) is 0.0333. The number of hydrogen-bond donors (Lipinski definition) is 3. The molecule has 0 aliphatic heterocycles. The van der Waals surface area contributed by atoms with Crippen molar-refractivity contribution < 1.29 is 14.0 Å². The van der Waals surface area contributed by atoms with Crippen LogP contribution in [0, 0.1) is 5.82 Å². The van der Waals surface area contributed by atoms with Gasteiger partial charge in [0.25, 0.3) is 0 Å². The first-order valence-electron chi connectivity index (χ1n) is 12.0. The fourth-order valence-electron chi connectivity index (χ4n) is 3.72. The smallest absolute Gasteiger partial charge is 0.308 e. The molecule has 0 aliphatic rings. The molecular weight excluding hydrogens is 531 g/mol. The molecule has 0 fully saturated rings. The van der Waals surface area contributed by atoms with Gasteiger partial charge in [-0.25, -0.2) is 14.2 Å². The molecule has 0 bridgehead atoms. The highest BCUT2D eigenvalue weighted by Gasteiger charge is 2.23. The Morgan fingerprint density at radius 3 is 2.03 bits per heavy atom. The second kappa shape index (κ2) is 12.4. The molecule has 39 heavy (non-hydrogen) atoms. The third-order valence-electron chi connectivity index (χ3n) is 5.61. The molecule has 1 atom stereocenters. The maximum absolute atomic E-state index is 13.4. The van der Waals surface area contributed by atoms with Crippen molar-refractivity contribution in [1.29, 1.82) is 0 Å². The second-order valence-corrected chi connectivity index (χ2v) is 10.4. The van der Waals surface area contributed by atoms with Crippen molar-refractivity contribution in [3.8, 4) is 11.3 Å². The molecule has 1 aromatic heterocycles. The number of anilines is 3. The fourth-order valence-corrected chi connectivity index (χ4v) is 5.47. The van der Waals surface area contributed by atoms with Crippen molar-refractivity contribution in [2.75, 3.05) is 16.0 Å². The number of para-hydroxylation sites is 1. The Kier molecular flexibility index (Phi) is 8.30. The van der Waals surface area contributed by atoms with Gasteiger partial charge >= 0.3 is 6.03 Å². The molecule has 9 heteroatoms. The van der Waals surface area contributed by atoms with Crippen LogP contribution < -0.4 is 16.0 Å². The van der Waals surface area contributed by atoms with E-state index in [9.17, 15) is 14.0 Å². The normalized spacial score (nSPS) is 11.4. The van der Waals surface area contributed by atoms with Crippen LogP contribution >= 0.6 is 23.1 Å². The highest BCUT2D eigenvalue weighted by atomic mass is 32.2. The predicted octanol–water partition coefficient (Wildman–Crippen LogP) is 8.07. The lowest BCUT2D eigenvalue weighted by Crippen LogP contribution is -2.19. The van der Waals surface area contributed by atoms with Gasteiger partial charge in [0.05, 0.1) is 5.69 Å². The van der Waals surface area contributed by atoms with Crippen LogP contribution in [0.25, 0.3) is 11.3 Å². The summed E-state index contributed by atoms with van der Waals surface area (Å²) in [6, 6.07) is 31.7. The SMILES string of the molecule is O=C(Nc1ccccc1)Nc1ccc(SC(C(=O)Nc2nc(-c3ccc(F)cc3)cs2)c2ccccc2)cc1. The third-order valence-corrected chi connectivity index (χ3v) is 7.64. The average Bonchev–Trinajstić information content (AvgIpc) is 3.42. The number of nitrogens with zero attached hydrogens (tertiary/aromatic N) is 1. The zero-order chi connectivity index (χ0) is 27.0. The first kappa shape index (κ1) is 26.1. The highest BCUT2D eigenvalue weighted by molar-refractivity contribution is 8.00. The summed E-state index contributed by atoms with van der Waals surface area (Å²) < 4.78 is 13.3. The molecule has 4 aromatic carbocycles. The van der Waals surface area contributed by atoms with Gasteiger partial charge in [-0.1, -0.05) is 48.5 Å². The molecule has 3 N–H and O–H groups in total. The summed E-state index contributed by atoms with van der Waals surface area (Å²) in [5, 5.41) is 10.3. The summed E-state index contributed by atoms with van der Waals surface area (Å²) in [5.74, 6) is -0.528. The summed E-state index contributed by atoms with van der Waals surface area (Å²) >= 11 is 2.71. The van der Waals surface area contributed by atoms with Gasteiger partial charge < -0.3 is 16.0 Å². The van der Waals surface area contributed by atoms with E-state index in [1.54, 1.807) is 24.3 Å². The molecule has 0 radical (unpaired) electrons. The Bertz CT molecular complexity index is 1540. The number of benzene rings is 4. The number of aromatic nitrogens is 1. The Labute approximate surface area is 233 Å². The molecule has 0 saturated carbocycles. The lowest BCUT2D eigenvalue weighted by molar-refractivity contribution is -0.115. The van der Waals surface area contributed by atoms with Crippen molar-refractivity contribution in [2.24, 2.45) is 0 Å². The first-order chi connectivity index (χ1) is 19.0. The Morgan fingerprint density at radius 1 is 0.744 bits per heavy atom. The summed E-state index contributed by atoms with van der Waals surface area (Å²) in [6.45, 7) is 0. The van der Waals surface area contributed by atoms with Crippen molar-refractivity contribution in [3.05, 3.63) is 126 Å². The quantitative estimate of drug-likeness (QED) is 0.169. The zero-order valence-corrected chi connectivity index (χ0v) is 22.1. The lowest BCUT2D eigenvalue weighted by atomic mass is 10.1. The van der Waals surface area contributed by atoms with Crippen LogP contribution in [0.1, 0.15) is 10.8 Å². The van der Waals surface area contributed by atoms with Crippen molar-refractivity contribution in [2.45, 2.75) is 10.1 Å². The van der Waals surface area contributed by atoms with E-state index in [4.69, 9.17) is 0 Å². The van der Waals surface area contributed by atoms with Crippen molar-refractivity contribution >= 4 is 51.5 Å². The molecule has 0 saturated heterocycles. The summed E-state index contributed by atoms with van der Waals surface area (Å²) in [5.41, 5.74) is 3.61. The van der Waals surface area contributed by atoms with E-state index < -0.39 is 5.25 Å². The number of amides is 3. The van der Waals surface area contributed by atoms with Gasteiger partial charge in [0, 0.05) is 27.2 Å². The van der Waals surface area contributed by atoms with Crippen LogP contribution in [0.4, 0.5) is 25.7 Å². The van der Waals surface area contributed by atoms with Crippen molar-refractivity contribution in [1.82, 2.24) is 4.98 Å². The molecule has 1 heterocycles. The zero-order valence-electron chi connectivity index (χ0n) is 20.5. The largest absolute Gasteiger partial charge is 0.323 e. The monoisotopic (exact) mass is 554 g/mol. The number of rotatable bonds is 8.